The number of primary amides is 1. The van der Waals surface area contributed by atoms with Crippen LogP contribution < -0.4 is 16.8 Å². The third kappa shape index (κ3) is 3.72. The van der Waals surface area contributed by atoms with Crippen LogP contribution in [-0.2, 0) is 4.74 Å². The average Bonchev–Trinajstić information content (AvgIpc) is 2.17. The van der Waals surface area contributed by atoms with Crippen LogP contribution in [0.4, 0.5) is 20.6 Å². The highest BCUT2D eigenvalue weighted by atomic mass is 19.1. The van der Waals surface area contributed by atoms with Gasteiger partial charge >= 0.3 is 6.09 Å². The van der Waals surface area contributed by atoms with Crippen LogP contribution in [0.1, 0.15) is 0 Å². The van der Waals surface area contributed by atoms with Crippen LogP contribution >= 0.6 is 0 Å². The number of nitrogens with two attached hydrogens (primary N) is 2. The molecule has 5 N–H and O–H groups in total. The molecule has 82 valence electrons. The molecule has 1 aromatic carbocycles. The Morgan fingerprint density at radius 3 is 2.93 bits per heavy atom. The topological polar surface area (TPSA) is 90.4 Å². The Kier molecular flexibility index (Phi) is 3.73. The van der Waals surface area contributed by atoms with Crippen molar-refractivity contribution < 1.29 is 13.9 Å². The Morgan fingerprint density at radius 1 is 1.53 bits per heavy atom. The second kappa shape index (κ2) is 5.04. The molecule has 0 spiro atoms. The van der Waals surface area contributed by atoms with Gasteiger partial charge < -0.3 is 21.5 Å². The molecule has 0 saturated carbocycles. The normalized spacial score (nSPS) is 9.67. The summed E-state index contributed by atoms with van der Waals surface area (Å²) >= 11 is 0. The number of anilines is 2. The molecule has 1 aromatic rings. The first-order chi connectivity index (χ1) is 7.09. The lowest BCUT2D eigenvalue weighted by Crippen LogP contribution is -2.18. The fraction of sp³-hybridized carbons (Fsp3) is 0.222. The van der Waals surface area contributed by atoms with Crippen LogP contribution in [0.25, 0.3) is 0 Å². The zero-order valence-corrected chi connectivity index (χ0v) is 8.00. The molecule has 0 unspecified atom stereocenters. The predicted octanol–water partition coefficient (Wildman–Crippen LogP) is 0.915. The van der Waals surface area contributed by atoms with E-state index in [0.717, 1.165) is 0 Å². The second-order valence-corrected chi connectivity index (χ2v) is 2.83. The SMILES string of the molecule is NC(=O)OCCNc1cc(F)ccc1N. The van der Waals surface area contributed by atoms with Gasteiger partial charge in [-0.15, -0.1) is 0 Å². The first kappa shape index (κ1) is 11.1. The Bertz CT molecular complexity index is 357. The summed E-state index contributed by atoms with van der Waals surface area (Å²) in [5.74, 6) is -0.387. The molecule has 0 aliphatic carbocycles. The summed E-state index contributed by atoms with van der Waals surface area (Å²) in [4.78, 5) is 10.2. The summed E-state index contributed by atoms with van der Waals surface area (Å²) < 4.78 is 17.3. The lowest BCUT2D eigenvalue weighted by molar-refractivity contribution is 0.161. The van der Waals surface area contributed by atoms with E-state index in [0.29, 0.717) is 17.9 Å². The minimum atomic E-state index is -0.844. The molecule has 0 aliphatic rings. The van der Waals surface area contributed by atoms with Crippen molar-refractivity contribution in [1.82, 2.24) is 0 Å². The number of carbonyl (C=O) groups excluding carboxylic acids is 1. The maximum absolute atomic E-state index is 12.8. The third-order valence-corrected chi connectivity index (χ3v) is 1.68. The molecule has 0 fully saturated rings. The van der Waals surface area contributed by atoms with E-state index in [4.69, 9.17) is 11.5 Å². The van der Waals surface area contributed by atoms with E-state index in [-0.39, 0.29) is 12.4 Å². The molecule has 5 nitrogen and oxygen atoms in total. The molecule has 1 rings (SSSR count). The summed E-state index contributed by atoms with van der Waals surface area (Å²) in [6.07, 6.45) is -0.844. The van der Waals surface area contributed by atoms with Crippen molar-refractivity contribution in [2.24, 2.45) is 5.73 Å². The molecule has 0 atom stereocenters. The standard InChI is InChI=1S/C9H12FN3O2/c10-6-1-2-7(11)8(5-6)13-3-4-15-9(12)14/h1-2,5,13H,3-4,11H2,(H2,12,14). The van der Waals surface area contributed by atoms with Gasteiger partial charge in [-0.1, -0.05) is 0 Å². The highest BCUT2D eigenvalue weighted by molar-refractivity contribution is 5.66. The lowest BCUT2D eigenvalue weighted by atomic mass is 10.2. The largest absolute Gasteiger partial charge is 0.448 e. The van der Waals surface area contributed by atoms with Crippen LogP contribution in [-0.4, -0.2) is 19.2 Å². The maximum Gasteiger partial charge on any atom is 0.404 e. The zero-order chi connectivity index (χ0) is 11.3. The average molecular weight is 213 g/mol. The first-order valence-corrected chi connectivity index (χ1v) is 4.30. The Morgan fingerprint density at radius 2 is 2.27 bits per heavy atom. The fourth-order valence-electron chi connectivity index (χ4n) is 1.02. The van der Waals surface area contributed by atoms with E-state index in [1.165, 1.54) is 18.2 Å². The third-order valence-electron chi connectivity index (χ3n) is 1.68. The number of amides is 1. The molecule has 0 aliphatic heterocycles. The van der Waals surface area contributed by atoms with Crippen molar-refractivity contribution >= 4 is 17.5 Å². The molecule has 15 heavy (non-hydrogen) atoms. The molecule has 0 radical (unpaired) electrons. The monoisotopic (exact) mass is 213 g/mol. The Balaban J connectivity index is 2.43. The number of rotatable bonds is 4. The van der Waals surface area contributed by atoms with Crippen molar-refractivity contribution in [2.45, 2.75) is 0 Å². The van der Waals surface area contributed by atoms with Gasteiger partial charge in [0, 0.05) is 6.54 Å². The van der Waals surface area contributed by atoms with E-state index in [1.54, 1.807) is 0 Å². The number of nitrogen functional groups attached to an aromatic ring is 1. The summed E-state index contributed by atoms with van der Waals surface area (Å²) in [5, 5.41) is 2.81. The van der Waals surface area contributed by atoms with Crippen LogP contribution in [0.15, 0.2) is 18.2 Å². The Labute approximate surface area is 86.2 Å². The van der Waals surface area contributed by atoms with Crippen molar-refractivity contribution in [3.63, 3.8) is 0 Å². The number of benzene rings is 1. The molecule has 0 bridgehead atoms. The number of carbonyl (C=O) groups is 1. The molecule has 0 aromatic heterocycles. The summed E-state index contributed by atoms with van der Waals surface area (Å²) in [5.41, 5.74) is 11.2. The Hall–Kier alpha value is -1.98. The fourth-order valence-corrected chi connectivity index (χ4v) is 1.02. The van der Waals surface area contributed by atoms with E-state index < -0.39 is 6.09 Å². The smallest absolute Gasteiger partial charge is 0.404 e. The molecule has 6 heteroatoms. The summed E-state index contributed by atoms with van der Waals surface area (Å²) in [6.45, 7) is 0.419. The van der Waals surface area contributed by atoms with Gasteiger partial charge in [0.05, 0.1) is 11.4 Å². The minimum Gasteiger partial charge on any atom is -0.448 e. The molecule has 1 amide bonds. The first-order valence-electron chi connectivity index (χ1n) is 4.30. The van der Waals surface area contributed by atoms with E-state index in [1.807, 2.05) is 0 Å². The highest BCUT2D eigenvalue weighted by Crippen LogP contribution is 2.18. The van der Waals surface area contributed by atoms with Gasteiger partial charge in [0.15, 0.2) is 0 Å². The van der Waals surface area contributed by atoms with Gasteiger partial charge in [0.2, 0.25) is 0 Å². The van der Waals surface area contributed by atoms with Crippen LogP contribution in [0.2, 0.25) is 0 Å². The quantitative estimate of drug-likeness (QED) is 0.512. The molecular weight excluding hydrogens is 201 g/mol. The number of nitrogens with one attached hydrogen (secondary N) is 1. The van der Waals surface area contributed by atoms with Crippen LogP contribution in [0, 0.1) is 5.82 Å². The van der Waals surface area contributed by atoms with Crippen LogP contribution in [0.3, 0.4) is 0 Å². The molecule has 0 heterocycles. The van der Waals surface area contributed by atoms with Gasteiger partial charge in [-0.3, -0.25) is 0 Å². The zero-order valence-electron chi connectivity index (χ0n) is 8.00. The van der Waals surface area contributed by atoms with Gasteiger partial charge in [0.25, 0.3) is 0 Å². The van der Waals surface area contributed by atoms with Gasteiger partial charge in [-0.05, 0) is 18.2 Å². The maximum atomic E-state index is 12.8. The molecular formula is C9H12FN3O2. The predicted molar refractivity (Wildman–Crippen MR) is 54.8 cm³/mol. The van der Waals surface area contributed by atoms with Gasteiger partial charge in [0.1, 0.15) is 12.4 Å². The number of ether oxygens (including phenoxy) is 1. The number of halogens is 1. The second-order valence-electron chi connectivity index (χ2n) is 2.83. The van der Waals surface area contributed by atoms with E-state index in [9.17, 15) is 9.18 Å². The van der Waals surface area contributed by atoms with Crippen molar-refractivity contribution in [1.29, 1.82) is 0 Å². The van der Waals surface area contributed by atoms with Crippen molar-refractivity contribution in [3.05, 3.63) is 24.0 Å². The lowest BCUT2D eigenvalue weighted by Gasteiger charge is -2.08. The van der Waals surface area contributed by atoms with E-state index in [2.05, 4.69) is 10.1 Å². The number of hydrogen-bond donors (Lipinski definition) is 3. The van der Waals surface area contributed by atoms with E-state index >= 15 is 0 Å². The number of hydrogen-bond acceptors (Lipinski definition) is 4. The minimum absolute atomic E-state index is 0.102. The van der Waals surface area contributed by atoms with Crippen molar-refractivity contribution in [3.8, 4) is 0 Å². The summed E-state index contributed by atoms with van der Waals surface area (Å²) in [6, 6.07) is 3.98. The van der Waals surface area contributed by atoms with Gasteiger partial charge in [-0.2, -0.15) is 0 Å². The summed E-state index contributed by atoms with van der Waals surface area (Å²) in [7, 11) is 0. The van der Waals surface area contributed by atoms with Crippen molar-refractivity contribution in [2.75, 3.05) is 24.2 Å². The van der Waals surface area contributed by atoms with Gasteiger partial charge in [-0.25, -0.2) is 9.18 Å². The molecule has 0 saturated heterocycles. The highest BCUT2D eigenvalue weighted by Gasteiger charge is 2.00. The van der Waals surface area contributed by atoms with Crippen LogP contribution in [0.5, 0.6) is 0 Å².